The number of rotatable bonds is 4. The molecule has 0 spiro atoms. The minimum absolute atomic E-state index is 0.292. The molecule has 1 aromatic carbocycles. The predicted molar refractivity (Wildman–Crippen MR) is 63.1 cm³/mol. The fraction of sp³-hybridized carbons (Fsp3) is 0.462. The summed E-state index contributed by atoms with van der Waals surface area (Å²) in [7, 11) is 1.60. The molecule has 1 heterocycles. The zero-order valence-corrected chi connectivity index (χ0v) is 10.3. The Morgan fingerprint density at radius 2 is 2.00 bits per heavy atom. The maximum absolute atomic E-state index is 11.5. The molecule has 1 aromatic rings. The van der Waals surface area contributed by atoms with Crippen molar-refractivity contribution in [2.75, 3.05) is 7.11 Å². The van der Waals surface area contributed by atoms with Gasteiger partial charge in [-0.2, -0.15) is 0 Å². The average molecular weight is 252 g/mol. The second kappa shape index (κ2) is 5.48. The van der Waals surface area contributed by atoms with Crippen LogP contribution in [-0.2, 0) is 20.9 Å². The number of carbonyl (C=O) groups excluding carboxylic acids is 1. The van der Waals surface area contributed by atoms with Gasteiger partial charge in [0.2, 0.25) is 12.1 Å². The minimum Gasteiger partial charge on any atom is -0.497 e. The molecule has 3 atom stereocenters. The minimum atomic E-state index is -1.36. The third kappa shape index (κ3) is 2.69. The van der Waals surface area contributed by atoms with Crippen LogP contribution in [0, 0.1) is 0 Å². The Hall–Kier alpha value is -1.43. The Labute approximate surface area is 105 Å². The summed E-state index contributed by atoms with van der Waals surface area (Å²) in [5.41, 5.74) is 0.928. The summed E-state index contributed by atoms with van der Waals surface area (Å²) < 4.78 is 15.5. The zero-order valence-electron chi connectivity index (χ0n) is 10.3. The van der Waals surface area contributed by atoms with Gasteiger partial charge in [0.1, 0.15) is 11.9 Å². The van der Waals surface area contributed by atoms with Gasteiger partial charge in [0.05, 0.1) is 19.8 Å². The lowest BCUT2D eigenvalue weighted by Crippen LogP contribution is -2.29. The monoisotopic (exact) mass is 252 g/mol. The summed E-state index contributed by atoms with van der Waals surface area (Å²) in [5.74, 6) is 0.346. The fourth-order valence-corrected chi connectivity index (χ4v) is 1.84. The van der Waals surface area contributed by atoms with Crippen LogP contribution in [0.3, 0.4) is 0 Å². The quantitative estimate of drug-likeness (QED) is 0.862. The molecule has 2 rings (SSSR count). The van der Waals surface area contributed by atoms with E-state index in [1.807, 2.05) is 24.3 Å². The van der Waals surface area contributed by atoms with E-state index in [4.69, 9.17) is 14.2 Å². The van der Waals surface area contributed by atoms with E-state index in [0.717, 1.165) is 11.3 Å². The number of methoxy groups -OCH3 is 1. The van der Waals surface area contributed by atoms with Crippen molar-refractivity contribution in [3.63, 3.8) is 0 Å². The van der Waals surface area contributed by atoms with Crippen LogP contribution in [-0.4, -0.2) is 36.5 Å². The van der Waals surface area contributed by atoms with Gasteiger partial charge in [-0.15, -0.1) is 0 Å². The summed E-state index contributed by atoms with van der Waals surface area (Å²) in [5, 5.41) is 9.24. The second-order valence-corrected chi connectivity index (χ2v) is 4.18. The number of benzene rings is 1. The molecule has 1 aliphatic rings. The highest BCUT2D eigenvalue weighted by Crippen LogP contribution is 2.20. The summed E-state index contributed by atoms with van der Waals surface area (Å²) >= 11 is 0. The molecule has 1 unspecified atom stereocenters. The van der Waals surface area contributed by atoms with Crippen molar-refractivity contribution in [3.8, 4) is 5.75 Å². The van der Waals surface area contributed by atoms with Gasteiger partial charge < -0.3 is 19.3 Å². The molecule has 0 amide bonds. The summed E-state index contributed by atoms with van der Waals surface area (Å²) in [6, 6.07) is 7.37. The van der Waals surface area contributed by atoms with Crippen LogP contribution in [0.4, 0.5) is 0 Å². The van der Waals surface area contributed by atoms with Crippen LogP contribution in [0.1, 0.15) is 12.5 Å². The highest BCUT2D eigenvalue weighted by atomic mass is 16.6. The van der Waals surface area contributed by atoms with Crippen molar-refractivity contribution >= 4 is 5.78 Å². The lowest BCUT2D eigenvalue weighted by atomic mass is 10.2. The SMILES string of the molecule is COc1ccc(CO[C@H]2C(=O)C(O)O[C@H]2C)cc1. The number of Topliss-reactive ketones (excluding diaryl/α,β-unsaturated/α-hetero) is 1. The number of ether oxygens (including phenoxy) is 3. The van der Waals surface area contributed by atoms with Gasteiger partial charge >= 0.3 is 0 Å². The van der Waals surface area contributed by atoms with Crippen molar-refractivity contribution in [1.29, 1.82) is 0 Å². The second-order valence-electron chi connectivity index (χ2n) is 4.18. The van der Waals surface area contributed by atoms with Crippen LogP contribution < -0.4 is 4.74 Å². The van der Waals surface area contributed by atoms with Crippen molar-refractivity contribution in [2.24, 2.45) is 0 Å². The molecule has 98 valence electrons. The van der Waals surface area contributed by atoms with Gasteiger partial charge in [-0.3, -0.25) is 4.79 Å². The first-order chi connectivity index (χ1) is 8.61. The lowest BCUT2D eigenvalue weighted by molar-refractivity contribution is -0.143. The topological polar surface area (TPSA) is 65.0 Å². The van der Waals surface area contributed by atoms with Crippen molar-refractivity contribution < 1.29 is 24.1 Å². The number of ketones is 1. The van der Waals surface area contributed by atoms with Gasteiger partial charge in [-0.25, -0.2) is 0 Å². The first kappa shape index (κ1) is 13.0. The highest BCUT2D eigenvalue weighted by molar-refractivity contribution is 5.88. The Morgan fingerprint density at radius 3 is 2.50 bits per heavy atom. The summed E-state index contributed by atoms with van der Waals surface area (Å²) in [6.45, 7) is 1.99. The van der Waals surface area contributed by atoms with Crippen LogP contribution in [0.15, 0.2) is 24.3 Å². The van der Waals surface area contributed by atoms with Crippen molar-refractivity contribution in [1.82, 2.24) is 0 Å². The molecule has 1 saturated heterocycles. The standard InChI is InChI=1S/C13H16O5/c1-8-12(11(14)13(15)18-8)17-7-9-3-5-10(16-2)6-4-9/h3-6,8,12-13,15H,7H2,1-2H3/t8-,12+,13?/m0/s1. The molecule has 18 heavy (non-hydrogen) atoms. The number of hydrogen-bond acceptors (Lipinski definition) is 5. The van der Waals surface area contributed by atoms with Gasteiger partial charge in [-0.05, 0) is 24.6 Å². The van der Waals surface area contributed by atoms with Crippen molar-refractivity contribution in [3.05, 3.63) is 29.8 Å². The average Bonchev–Trinajstić information content (AvgIpc) is 2.62. The molecule has 0 bridgehead atoms. The van der Waals surface area contributed by atoms with Gasteiger partial charge in [0, 0.05) is 0 Å². The van der Waals surface area contributed by atoms with Crippen LogP contribution >= 0.6 is 0 Å². The molecule has 0 radical (unpaired) electrons. The molecular formula is C13H16O5. The Kier molecular flexibility index (Phi) is 3.96. The highest BCUT2D eigenvalue weighted by Gasteiger charge is 2.40. The maximum atomic E-state index is 11.5. The predicted octanol–water partition coefficient (Wildman–Crippen LogP) is 0.887. The molecule has 1 aliphatic heterocycles. The first-order valence-corrected chi connectivity index (χ1v) is 5.73. The third-order valence-electron chi connectivity index (χ3n) is 2.88. The molecule has 0 saturated carbocycles. The van der Waals surface area contributed by atoms with E-state index in [-0.39, 0.29) is 0 Å². The number of hydrogen-bond donors (Lipinski definition) is 1. The fourth-order valence-electron chi connectivity index (χ4n) is 1.84. The maximum Gasteiger partial charge on any atom is 0.219 e. The van der Waals surface area contributed by atoms with Crippen LogP contribution in [0.5, 0.6) is 5.75 Å². The summed E-state index contributed by atoms with van der Waals surface area (Å²) in [6.07, 6.45) is -2.49. The Bertz CT molecular complexity index is 414. The molecule has 1 N–H and O–H groups in total. The third-order valence-corrected chi connectivity index (χ3v) is 2.88. The number of aliphatic hydroxyl groups excluding tert-OH is 1. The summed E-state index contributed by atoms with van der Waals surface area (Å²) in [4.78, 5) is 11.5. The Balaban J connectivity index is 1.92. The molecule has 5 nitrogen and oxygen atoms in total. The van der Waals surface area contributed by atoms with Gasteiger partial charge in [0.25, 0.3) is 0 Å². The number of aliphatic hydroxyl groups is 1. The van der Waals surface area contributed by atoms with E-state index in [2.05, 4.69) is 0 Å². The van der Waals surface area contributed by atoms with E-state index in [1.54, 1.807) is 14.0 Å². The van der Waals surface area contributed by atoms with E-state index < -0.39 is 24.3 Å². The van der Waals surface area contributed by atoms with E-state index in [0.29, 0.717) is 6.61 Å². The molecule has 0 aromatic heterocycles. The molecular weight excluding hydrogens is 236 g/mol. The van der Waals surface area contributed by atoms with Crippen molar-refractivity contribution in [2.45, 2.75) is 32.0 Å². The van der Waals surface area contributed by atoms with E-state index >= 15 is 0 Å². The number of carbonyl (C=O) groups is 1. The molecule has 0 aliphatic carbocycles. The van der Waals surface area contributed by atoms with E-state index in [9.17, 15) is 9.90 Å². The Morgan fingerprint density at radius 1 is 1.33 bits per heavy atom. The van der Waals surface area contributed by atoms with Crippen LogP contribution in [0.25, 0.3) is 0 Å². The zero-order chi connectivity index (χ0) is 13.1. The van der Waals surface area contributed by atoms with Gasteiger partial charge in [0.15, 0.2) is 0 Å². The first-order valence-electron chi connectivity index (χ1n) is 5.73. The molecule has 5 heteroatoms. The van der Waals surface area contributed by atoms with E-state index in [1.165, 1.54) is 0 Å². The lowest BCUT2D eigenvalue weighted by Gasteiger charge is -2.13. The smallest absolute Gasteiger partial charge is 0.219 e. The molecule has 1 fully saturated rings. The van der Waals surface area contributed by atoms with Gasteiger partial charge in [-0.1, -0.05) is 12.1 Å². The normalized spacial score (nSPS) is 27.5. The largest absolute Gasteiger partial charge is 0.497 e. The van der Waals surface area contributed by atoms with Crippen LogP contribution in [0.2, 0.25) is 0 Å².